The van der Waals surface area contributed by atoms with Gasteiger partial charge in [-0.2, -0.15) is 4.31 Å². The summed E-state index contributed by atoms with van der Waals surface area (Å²) in [7, 11) is -3.58. The molecular formula is C15H21ClN2O3S. The molecule has 0 aromatic heterocycles. The van der Waals surface area contributed by atoms with Gasteiger partial charge >= 0.3 is 0 Å². The maximum Gasteiger partial charge on any atom is 0.252 e. The molecular weight excluding hydrogens is 324 g/mol. The van der Waals surface area contributed by atoms with Crippen molar-refractivity contribution in [1.29, 1.82) is 0 Å². The van der Waals surface area contributed by atoms with Crippen LogP contribution in [-0.4, -0.2) is 38.3 Å². The third-order valence-electron chi connectivity index (χ3n) is 3.72. The summed E-state index contributed by atoms with van der Waals surface area (Å²) in [6, 6.07) is 4.30. The minimum absolute atomic E-state index is 0.125. The number of sulfonamides is 1. The molecule has 1 amide bonds. The largest absolute Gasteiger partial charge is 0.352 e. The highest BCUT2D eigenvalue weighted by Crippen LogP contribution is 2.24. The second-order valence-electron chi connectivity index (χ2n) is 5.32. The van der Waals surface area contributed by atoms with Crippen LogP contribution in [0.5, 0.6) is 0 Å². The molecule has 1 aromatic carbocycles. The van der Waals surface area contributed by atoms with Crippen molar-refractivity contribution in [3.63, 3.8) is 0 Å². The minimum Gasteiger partial charge on any atom is -0.352 e. The highest BCUT2D eigenvalue weighted by Gasteiger charge is 2.26. The van der Waals surface area contributed by atoms with E-state index < -0.39 is 10.0 Å². The average molecular weight is 345 g/mol. The first-order valence-electron chi connectivity index (χ1n) is 7.54. The molecule has 0 aliphatic carbocycles. The third-order valence-corrected chi connectivity index (χ3v) is 5.95. The molecule has 1 saturated heterocycles. The Labute approximate surface area is 136 Å². The molecule has 1 aliphatic rings. The van der Waals surface area contributed by atoms with Gasteiger partial charge in [-0.25, -0.2) is 8.42 Å². The lowest BCUT2D eigenvalue weighted by atomic mass is 10.2. The minimum atomic E-state index is -3.58. The van der Waals surface area contributed by atoms with Crippen LogP contribution in [0.25, 0.3) is 0 Å². The van der Waals surface area contributed by atoms with Gasteiger partial charge < -0.3 is 5.32 Å². The zero-order chi connectivity index (χ0) is 16.2. The molecule has 1 heterocycles. The maximum atomic E-state index is 12.7. The van der Waals surface area contributed by atoms with E-state index in [1.165, 1.54) is 22.5 Å². The fourth-order valence-electron chi connectivity index (χ4n) is 2.53. The van der Waals surface area contributed by atoms with Gasteiger partial charge in [-0.1, -0.05) is 24.4 Å². The summed E-state index contributed by atoms with van der Waals surface area (Å²) in [4.78, 5) is 12.1. The molecule has 1 aliphatic heterocycles. The summed E-state index contributed by atoms with van der Waals surface area (Å²) in [5.41, 5.74) is 0.194. The van der Waals surface area contributed by atoms with Gasteiger partial charge in [0.25, 0.3) is 5.91 Å². The number of nitrogens with one attached hydrogen (secondary N) is 1. The van der Waals surface area contributed by atoms with Gasteiger partial charge in [-0.3, -0.25) is 4.79 Å². The molecule has 1 aromatic rings. The van der Waals surface area contributed by atoms with Crippen LogP contribution in [0.4, 0.5) is 0 Å². The molecule has 0 bridgehead atoms. The van der Waals surface area contributed by atoms with E-state index in [9.17, 15) is 13.2 Å². The summed E-state index contributed by atoms with van der Waals surface area (Å²) in [5.74, 6) is -0.361. The van der Waals surface area contributed by atoms with E-state index in [0.29, 0.717) is 19.6 Å². The quantitative estimate of drug-likeness (QED) is 0.913. The number of carbonyl (C=O) groups is 1. The Morgan fingerprint density at radius 1 is 1.23 bits per heavy atom. The average Bonchev–Trinajstić information content (AvgIpc) is 2.77. The first kappa shape index (κ1) is 17.2. The zero-order valence-electron chi connectivity index (χ0n) is 12.6. The third kappa shape index (κ3) is 3.80. The topological polar surface area (TPSA) is 66.5 Å². The van der Waals surface area contributed by atoms with Crippen LogP contribution in [0.15, 0.2) is 23.1 Å². The standard InChI is InChI=1S/C15H21ClN2O3S/c1-2-17-15(19)13-11-12(7-8-14(13)16)22(20,21)18-9-5-3-4-6-10-18/h7-8,11H,2-6,9-10H2,1H3,(H,17,19). The fourth-order valence-corrected chi connectivity index (χ4v) is 4.27. The first-order valence-corrected chi connectivity index (χ1v) is 9.36. The molecule has 0 unspecified atom stereocenters. The van der Waals surface area contributed by atoms with Crippen LogP contribution >= 0.6 is 11.6 Å². The highest BCUT2D eigenvalue weighted by molar-refractivity contribution is 7.89. The van der Waals surface area contributed by atoms with Crippen molar-refractivity contribution >= 4 is 27.5 Å². The SMILES string of the molecule is CCNC(=O)c1cc(S(=O)(=O)N2CCCCCC2)ccc1Cl. The van der Waals surface area contributed by atoms with Crippen LogP contribution < -0.4 is 5.32 Å². The van der Waals surface area contributed by atoms with E-state index in [0.717, 1.165) is 25.7 Å². The molecule has 122 valence electrons. The lowest BCUT2D eigenvalue weighted by molar-refractivity contribution is 0.0956. The molecule has 2 rings (SSSR count). The van der Waals surface area contributed by atoms with Gasteiger partial charge in [-0.05, 0) is 38.0 Å². The van der Waals surface area contributed by atoms with Gasteiger partial charge in [0.15, 0.2) is 0 Å². The second-order valence-corrected chi connectivity index (χ2v) is 7.66. The van der Waals surface area contributed by atoms with E-state index in [1.54, 1.807) is 6.92 Å². The molecule has 7 heteroatoms. The Morgan fingerprint density at radius 2 is 1.86 bits per heavy atom. The molecule has 0 spiro atoms. The summed E-state index contributed by atoms with van der Waals surface area (Å²) >= 11 is 6.02. The lowest BCUT2D eigenvalue weighted by Gasteiger charge is -2.20. The fraction of sp³-hybridized carbons (Fsp3) is 0.533. The Balaban J connectivity index is 2.34. The molecule has 5 nitrogen and oxygen atoms in total. The molecule has 0 atom stereocenters. The van der Waals surface area contributed by atoms with E-state index in [4.69, 9.17) is 11.6 Å². The molecule has 0 radical (unpaired) electrons. The molecule has 1 N–H and O–H groups in total. The smallest absolute Gasteiger partial charge is 0.252 e. The summed E-state index contributed by atoms with van der Waals surface area (Å²) < 4.78 is 27.0. The number of halogens is 1. The normalized spacial score (nSPS) is 17.0. The number of nitrogens with zero attached hydrogens (tertiary/aromatic N) is 1. The predicted octanol–water partition coefficient (Wildman–Crippen LogP) is 2.65. The van der Waals surface area contributed by atoms with E-state index in [2.05, 4.69) is 5.32 Å². The van der Waals surface area contributed by atoms with E-state index >= 15 is 0 Å². The predicted molar refractivity (Wildman–Crippen MR) is 86.7 cm³/mol. The second kappa shape index (κ2) is 7.44. The Hall–Kier alpha value is -1.11. The van der Waals surface area contributed by atoms with Crippen molar-refractivity contribution in [3.05, 3.63) is 28.8 Å². The van der Waals surface area contributed by atoms with Crippen LogP contribution in [0.2, 0.25) is 5.02 Å². The van der Waals surface area contributed by atoms with Gasteiger partial charge in [0.05, 0.1) is 15.5 Å². The monoisotopic (exact) mass is 344 g/mol. The Bertz CT molecular complexity index is 638. The zero-order valence-corrected chi connectivity index (χ0v) is 14.2. The number of rotatable bonds is 4. The summed E-state index contributed by atoms with van der Waals surface area (Å²) in [6.45, 7) is 3.31. The number of carbonyl (C=O) groups excluding carboxylic acids is 1. The van der Waals surface area contributed by atoms with Crippen LogP contribution in [0.3, 0.4) is 0 Å². The van der Waals surface area contributed by atoms with Crippen molar-refractivity contribution in [3.8, 4) is 0 Å². The lowest BCUT2D eigenvalue weighted by Crippen LogP contribution is -2.32. The van der Waals surface area contributed by atoms with Crippen molar-refractivity contribution in [2.45, 2.75) is 37.5 Å². The van der Waals surface area contributed by atoms with E-state index in [1.807, 2.05) is 0 Å². The van der Waals surface area contributed by atoms with Gasteiger partial charge in [-0.15, -0.1) is 0 Å². The maximum absolute atomic E-state index is 12.7. The van der Waals surface area contributed by atoms with Crippen LogP contribution in [-0.2, 0) is 10.0 Å². The number of amides is 1. The van der Waals surface area contributed by atoms with Crippen molar-refractivity contribution in [2.24, 2.45) is 0 Å². The number of hydrogen-bond donors (Lipinski definition) is 1. The van der Waals surface area contributed by atoms with Gasteiger partial charge in [0.1, 0.15) is 0 Å². The number of hydrogen-bond acceptors (Lipinski definition) is 3. The van der Waals surface area contributed by atoms with Crippen molar-refractivity contribution < 1.29 is 13.2 Å². The van der Waals surface area contributed by atoms with Crippen LogP contribution in [0.1, 0.15) is 43.0 Å². The van der Waals surface area contributed by atoms with Crippen molar-refractivity contribution in [1.82, 2.24) is 9.62 Å². The summed E-state index contributed by atoms with van der Waals surface area (Å²) in [5, 5.41) is 2.89. The van der Waals surface area contributed by atoms with E-state index in [-0.39, 0.29) is 21.4 Å². The molecule has 22 heavy (non-hydrogen) atoms. The van der Waals surface area contributed by atoms with Crippen molar-refractivity contribution in [2.75, 3.05) is 19.6 Å². The summed E-state index contributed by atoms with van der Waals surface area (Å²) in [6.07, 6.45) is 3.85. The van der Waals surface area contributed by atoms with Gasteiger partial charge in [0.2, 0.25) is 10.0 Å². The highest BCUT2D eigenvalue weighted by atomic mass is 35.5. The first-order chi connectivity index (χ1) is 10.5. The van der Waals surface area contributed by atoms with Gasteiger partial charge in [0, 0.05) is 19.6 Å². The molecule has 0 saturated carbocycles. The van der Waals surface area contributed by atoms with Crippen LogP contribution in [0, 0.1) is 0 Å². The molecule has 1 fully saturated rings. The Morgan fingerprint density at radius 3 is 2.45 bits per heavy atom. The Kier molecular flexibility index (Phi) is 5.83. The number of benzene rings is 1.